The second-order valence-electron chi connectivity index (χ2n) is 8.57. The van der Waals surface area contributed by atoms with Crippen molar-refractivity contribution in [1.29, 1.82) is 0 Å². The summed E-state index contributed by atoms with van der Waals surface area (Å²) in [5.74, 6) is -0.334. The Morgan fingerprint density at radius 3 is 2.03 bits per heavy atom. The molecule has 0 saturated carbocycles. The Balaban J connectivity index is 2.04. The van der Waals surface area contributed by atoms with E-state index < -0.39 is 20.5 Å². The van der Waals surface area contributed by atoms with Crippen LogP contribution in [0.25, 0.3) is 0 Å². The lowest BCUT2D eigenvalue weighted by Gasteiger charge is -2.44. The first-order valence-corrected chi connectivity index (χ1v) is 12.0. The second-order valence-corrected chi connectivity index (χ2v) is 12.9. The third kappa shape index (κ3) is 4.14. The maximum Gasteiger partial charge on any atom is 0.414 e. The molecule has 1 saturated heterocycles. The lowest BCUT2D eigenvalue weighted by molar-refractivity contribution is -0.134. The minimum Gasteiger partial charge on any atom is -0.465 e. The number of carboxylic acid groups (broad SMARTS) is 1. The molecule has 1 aliphatic heterocycles. The van der Waals surface area contributed by atoms with Crippen molar-refractivity contribution < 1.29 is 19.1 Å². The van der Waals surface area contributed by atoms with E-state index in [1.165, 1.54) is 0 Å². The molecule has 6 heteroatoms. The van der Waals surface area contributed by atoms with Gasteiger partial charge in [-0.3, -0.25) is 4.79 Å². The number of hydrogen-bond donors (Lipinski definition) is 1. The number of amides is 2. The number of likely N-dealkylation sites (tertiary alicyclic amines) is 1. The van der Waals surface area contributed by atoms with Crippen molar-refractivity contribution in [2.75, 3.05) is 6.61 Å². The molecule has 0 spiro atoms. The normalized spacial score (nSPS) is 18.0. The first-order chi connectivity index (χ1) is 13.8. The Kier molecular flexibility index (Phi) is 6.24. The van der Waals surface area contributed by atoms with Gasteiger partial charge in [0.2, 0.25) is 5.91 Å². The van der Waals surface area contributed by atoms with Crippen LogP contribution in [0.2, 0.25) is 5.04 Å². The average Bonchev–Trinajstić information content (AvgIpc) is 2.69. The molecule has 1 unspecified atom stereocenters. The first-order valence-electron chi connectivity index (χ1n) is 10.1. The van der Waals surface area contributed by atoms with E-state index >= 15 is 0 Å². The number of imide groups is 1. The van der Waals surface area contributed by atoms with Gasteiger partial charge in [0.1, 0.15) is 0 Å². The van der Waals surface area contributed by atoms with Gasteiger partial charge in [-0.2, -0.15) is 0 Å². The third-order valence-corrected chi connectivity index (χ3v) is 10.7. The molecule has 0 aromatic heterocycles. The topological polar surface area (TPSA) is 66.8 Å². The molecule has 1 fully saturated rings. The van der Waals surface area contributed by atoms with Gasteiger partial charge in [0.05, 0.1) is 12.6 Å². The van der Waals surface area contributed by atoms with E-state index in [9.17, 15) is 14.7 Å². The van der Waals surface area contributed by atoms with Crippen molar-refractivity contribution in [2.45, 2.75) is 51.1 Å². The number of rotatable bonds is 5. The number of hydrogen-bond acceptors (Lipinski definition) is 3. The first kappa shape index (κ1) is 21.3. The van der Waals surface area contributed by atoms with Crippen molar-refractivity contribution in [3.05, 3.63) is 60.7 Å². The quantitative estimate of drug-likeness (QED) is 0.763. The second kappa shape index (κ2) is 8.51. The molecule has 2 amide bonds. The molecule has 1 heterocycles. The van der Waals surface area contributed by atoms with Gasteiger partial charge < -0.3 is 9.53 Å². The smallest absolute Gasteiger partial charge is 0.414 e. The summed E-state index contributed by atoms with van der Waals surface area (Å²) in [6, 6.07) is 20.0. The van der Waals surface area contributed by atoms with Gasteiger partial charge in [-0.05, 0) is 28.3 Å². The van der Waals surface area contributed by atoms with E-state index in [1.54, 1.807) is 0 Å². The van der Waals surface area contributed by atoms with Crippen LogP contribution in [0, 0.1) is 0 Å². The maximum atomic E-state index is 12.2. The number of benzene rings is 2. The predicted octanol–water partition coefficient (Wildman–Crippen LogP) is 3.62. The Bertz CT molecular complexity index is 809. The molecule has 1 aliphatic rings. The SMILES string of the molecule is CC(C)(C)[Si](OCC1CCCC(=O)N1C(=O)O)(c1ccccc1)c1ccccc1. The highest BCUT2D eigenvalue weighted by Crippen LogP contribution is 2.37. The van der Waals surface area contributed by atoms with Gasteiger partial charge in [-0.1, -0.05) is 81.4 Å². The minimum atomic E-state index is -2.75. The van der Waals surface area contributed by atoms with Crippen LogP contribution in [-0.4, -0.2) is 43.0 Å². The summed E-state index contributed by atoms with van der Waals surface area (Å²) in [6.45, 7) is 6.76. The van der Waals surface area contributed by atoms with Gasteiger partial charge >= 0.3 is 6.09 Å². The largest absolute Gasteiger partial charge is 0.465 e. The van der Waals surface area contributed by atoms with Crippen LogP contribution in [0.1, 0.15) is 40.0 Å². The fourth-order valence-electron chi connectivity index (χ4n) is 4.35. The molecule has 154 valence electrons. The van der Waals surface area contributed by atoms with Gasteiger partial charge in [0.15, 0.2) is 0 Å². The summed E-state index contributed by atoms with van der Waals surface area (Å²) < 4.78 is 6.82. The highest BCUT2D eigenvalue weighted by Gasteiger charge is 2.51. The Morgan fingerprint density at radius 2 is 1.59 bits per heavy atom. The molecule has 1 N–H and O–H groups in total. The van der Waals surface area contributed by atoms with Crippen LogP contribution >= 0.6 is 0 Å². The zero-order valence-electron chi connectivity index (χ0n) is 17.3. The van der Waals surface area contributed by atoms with Crippen LogP contribution in [0.4, 0.5) is 4.79 Å². The van der Waals surface area contributed by atoms with E-state index in [1.807, 2.05) is 36.4 Å². The van der Waals surface area contributed by atoms with Crippen molar-refractivity contribution in [3.8, 4) is 0 Å². The molecule has 2 aromatic rings. The van der Waals surface area contributed by atoms with E-state index in [0.717, 1.165) is 15.3 Å². The predicted molar refractivity (Wildman–Crippen MR) is 116 cm³/mol. The number of nitrogens with zero attached hydrogens (tertiary/aromatic N) is 1. The van der Waals surface area contributed by atoms with Crippen LogP contribution in [0.5, 0.6) is 0 Å². The van der Waals surface area contributed by atoms with E-state index in [2.05, 4.69) is 45.0 Å². The summed E-state index contributed by atoms with van der Waals surface area (Å²) in [6.07, 6.45) is 0.418. The standard InChI is InChI=1S/C23H29NO4Si/c1-23(2,3)29(19-12-6-4-7-13-19,20-14-8-5-9-15-20)28-17-18-11-10-16-21(25)24(18)22(26)27/h4-9,12-15,18H,10-11,16-17H2,1-3H3,(H,26,27). The summed E-state index contributed by atoms with van der Waals surface area (Å²) in [4.78, 5) is 24.9. The molecular formula is C23H29NO4Si. The highest BCUT2D eigenvalue weighted by molar-refractivity contribution is 6.99. The molecule has 3 rings (SSSR count). The van der Waals surface area contributed by atoms with Crippen molar-refractivity contribution >= 4 is 30.7 Å². The van der Waals surface area contributed by atoms with Crippen LogP contribution in [0.3, 0.4) is 0 Å². The highest BCUT2D eigenvalue weighted by atomic mass is 28.4. The monoisotopic (exact) mass is 411 g/mol. The maximum absolute atomic E-state index is 12.2. The lowest BCUT2D eigenvalue weighted by Crippen LogP contribution is -2.67. The zero-order chi connectivity index (χ0) is 21.1. The molecule has 29 heavy (non-hydrogen) atoms. The number of carbonyl (C=O) groups is 2. The van der Waals surface area contributed by atoms with Crippen LogP contribution < -0.4 is 10.4 Å². The molecule has 2 aromatic carbocycles. The molecule has 1 atom stereocenters. The lowest BCUT2D eigenvalue weighted by atomic mass is 10.0. The number of carbonyl (C=O) groups excluding carboxylic acids is 1. The van der Waals surface area contributed by atoms with Gasteiger partial charge in [0.25, 0.3) is 8.32 Å². The van der Waals surface area contributed by atoms with E-state index in [-0.39, 0.29) is 24.0 Å². The summed E-state index contributed by atoms with van der Waals surface area (Å²) in [7, 11) is -2.75. The Hall–Kier alpha value is -2.44. The van der Waals surface area contributed by atoms with Crippen molar-refractivity contribution in [3.63, 3.8) is 0 Å². The van der Waals surface area contributed by atoms with E-state index in [0.29, 0.717) is 12.8 Å². The Labute approximate surface area is 173 Å². The fourth-order valence-corrected chi connectivity index (χ4v) is 8.94. The summed E-state index contributed by atoms with van der Waals surface area (Å²) in [5.41, 5.74) is 0. The Morgan fingerprint density at radius 1 is 1.07 bits per heavy atom. The fraction of sp³-hybridized carbons (Fsp3) is 0.391. The van der Waals surface area contributed by atoms with Crippen molar-refractivity contribution in [2.24, 2.45) is 0 Å². The van der Waals surface area contributed by atoms with E-state index in [4.69, 9.17) is 4.43 Å². The minimum absolute atomic E-state index is 0.192. The summed E-state index contributed by atoms with van der Waals surface area (Å²) in [5, 5.41) is 11.7. The van der Waals surface area contributed by atoms with Crippen LogP contribution in [0.15, 0.2) is 60.7 Å². The van der Waals surface area contributed by atoms with Gasteiger partial charge in [-0.25, -0.2) is 9.69 Å². The summed E-state index contributed by atoms with van der Waals surface area (Å²) >= 11 is 0. The van der Waals surface area contributed by atoms with Crippen LogP contribution in [-0.2, 0) is 9.22 Å². The molecule has 5 nitrogen and oxygen atoms in total. The van der Waals surface area contributed by atoms with Gasteiger partial charge in [-0.15, -0.1) is 0 Å². The zero-order valence-corrected chi connectivity index (χ0v) is 18.3. The number of piperidine rings is 1. The van der Waals surface area contributed by atoms with Crippen molar-refractivity contribution in [1.82, 2.24) is 4.90 Å². The molecule has 0 bridgehead atoms. The third-order valence-electron chi connectivity index (χ3n) is 5.68. The molecular weight excluding hydrogens is 382 g/mol. The molecule has 0 radical (unpaired) electrons. The van der Waals surface area contributed by atoms with Gasteiger partial charge in [0, 0.05) is 6.42 Å². The average molecular weight is 412 g/mol. The molecule has 0 aliphatic carbocycles.